The van der Waals surface area contributed by atoms with Crippen LogP contribution in [0.1, 0.15) is 27.7 Å². The van der Waals surface area contributed by atoms with E-state index in [1.54, 1.807) is 27.7 Å². The van der Waals surface area contributed by atoms with Crippen molar-refractivity contribution in [2.75, 3.05) is 6.54 Å². The van der Waals surface area contributed by atoms with Crippen molar-refractivity contribution in [3.8, 4) is 0 Å². The Hall–Kier alpha value is -1.30. The number of carbonyl (C=O) groups excluding carboxylic acids is 1. The van der Waals surface area contributed by atoms with Crippen LogP contribution in [0.25, 0.3) is 0 Å². The lowest BCUT2D eigenvalue weighted by atomic mass is 10.2. The van der Waals surface area contributed by atoms with E-state index < -0.39 is 23.8 Å². The minimum absolute atomic E-state index is 0.211. The van der Waals surface area contributed by atoms with Gasteiger partial charge in [-0.15, -0.1) is 0 Å². The summed E-state index contributed by atoms with van der Waals surface area (Å²) in [6.07, 6.45) is -1.02. The number of ether oxygens (including phenoxy) is 1. The van der Waals surface area contributed by atoms with E-state index in [9.17, 15) is 9.59 Å². The van der Waals surface area contributed by atoms with Gasteiger partial charge >= 0.3 is 12.1 Å². The summed E-state index contributed by atoms with van der Waals surface area (Å²) in [6.45, 7) is 6.68. The Bertz CT molecular complexity index is 235. The molecule has 0 aliphatic heterocycles. The van der Waals surface area contributed by atoms with Crippen LogP contribution in [0.2, 0.25) is 0 Å². The summed E-state index contributed by atoms with van der Waals surface area (Å²) in [5.41, 5.74) is -0.559. The van der Waals surface area contributed by atoms with Gasteiger partial charge in [-0.2, -0.15) is 0 Å². The fraction of sp³-hybridized carbons (Fsp3) is 0.778. The Morgan fingerprint density at radius 2 is 1.93 bits per heavy atom. The van der Waals surface area contributed by atoms with Crippen molar-refractivity contribution in [2.45, 2.75) is 39.5 Å². The van der Waals surface area contributed by atoms with Crippen LogP contribution in [0.4, 0.5) is 4.79 Å². The minimum atomic E-state index is -0.979. The maximum absolute atomic E-state index is 11.2. The maximum Gasteiger partial charge on any atom is 0.408 e. The van der Waals surface area contributed by atoms with Gasteiger partial charge in [0.2, 0.25) is 0 Å². The van der Waals surface area contributed by atoms with E-state index >= 15 is 0 Å². The molecule has 0 rings (SSSR count). The first kappa shape index (κ1) is 13.7. The summed E-state index contributed by atoms with van der Waals surface area (Å²) in [5, 5.41) is 13.4. The third-order valence-electron chi connectivity index (χ3n) is 1.29. The third kappa shape index (κ3) is 9.01. The molecule has 1 amide bonds. The van der Waals surface area contributed by atoms with E-state index in [-0.39, 0.29) is 6.54 Å². The monoisotopic (exact) mass is 218 g/mol. The van der Waals surface area contributed by atoms with Gasteiger partial charge in [-0.25, -0.2) is 4.79 Å². The normalized spacial score (nSPS) is 13.1. The van der Waals surface area contributed by atoms with E-state index in [0.717, 1.165) is 0 Å². The number of alkyl carbamates (subject to hydrolysis) is 1. The number of carboxylic acids is 1. The van der Waals surface area contributed by atoms with Gasteiger partial charge in [0.25, 0.3) is 0 Å². The number of hydrogen-bond acceptors (Lipinski definition) is 4. The molecule has 0 bridgehead atoms. The minimum Gasteiger partial charge on any atom is -0.480 e. The van der Waals surface area contributed by atoms with Gasteiger partial charge < -0.3 is 15.2 Å². The molecule has 0 aliphatic carbocycles. The Balaban J connectivity index is 3.81. The number of nitrogens with one attached hydrogen (secondary N) is 2. The summed E-state index contributed by atoms with van der Waals surface area (Å²) < 4.78 is 4.98. The second-order valence-electron chi connectivity index (χ2n) is 4.14. The van der Waals surface area contributed by atoms with Gasteiger partial charge in [0.1, 0.15) is 5.60 Å². The fourth-order valence-corrected chi connectivity index (χ4v) is 0.776. The zero-order valence-electron chi connectivity index (χ0n) is 9.46. The van der Waals surface area contributed by atoms with Gasteiger partial charge in [0, 0.05) is 0 Å². The molecule has 0 aromatic heterocycles. The summed E-state index contributed by atoms with van der Waals surface area (Å²) in [5.74, 6) is -0.979. The molecule has 0 saturated heterocycles. The van der Waals surface area contributed by atoms with Crippen LogP contribution in [0.5, 0.6) is 0 Å². The number of amides is 1. The molecular formula is C9H18N2O4. The smallest absolute Gasteiger partial charge is 0.408 e. The Morgan fingerprint density at radius 3 is 2.33 bits per heavy atom. The van der Waals surface area contributed by atoms with E-state index in [1.807, 2.05) is 0 Å². The van der Waals surface area contributed by atoms with Gasteiger partial charge in [0.15, 0.2) is 0 Å². The van der Waals surface area contributed by atoms with Crippen LogP contribution in [0.3, 0.4) is 0 Å². The van der Waals surface area contributed by atoms with Crippen LogP contribution in [0, 0.1) is 0 Å². The van der Waals surface area contributed by atoms with E-state index in [4.69, 9.17) is 9.84 Å². The van der Waals surface area contributed by atoms with Gasteiger partial charge in [-0.05, 0) is 27.7 Å². The molecule has 15 heavy (non-hydrogen) atoms. The number of carbonyl (C=O) groups is 2. The SMILES string of the molecule is CC(NCC(=O)O)NC(=O)OC(C)(C)C. The van der Waals surface area contributed by atoms with Gasteiger partial charge in [-0.3, -0.25) is 10.1 Å². The number of carboxylic acid groups (broad SMARTS) is 1. The van der Waals surface area contributed by atoms with Crippen molar-refractivity contribution < 1.29 is 19.4 Å². The van der Waals surface area contributed by atoms with Crippen LogP contribution in [-0.2, 0) is 9.53 Å². The number of aliphatic carboxylic acids is 1. The predicted molar refractivity (Wildman–Crippen MR) is 54.5 cm³/mol. The van der Waals surface area contributed by atoms with Crippen molar-refractivity contribution in [3.05, 3.63) is 0 Å². The van der Waals surface area contributed by atoms with Crippen molar-refractivity contribution in [2.24, 2.45) is 0 Å². The van der Waals surface area contributed by atoms with Gasteiger partial charge in [-0.1, -0.05) is 0 Å². The standard InChI is InChI=1S/C9H18N2O4/c1-6(10-5-7(12)13)11-8(14)15-9(2,3)4/h6,10H,5H2,1-4H3,(H,11,14)(H,12,13). The summed E-state index contributed by atoms with van der Waals surface area (Å²) in [4.78, 5) is 21.4. The molecule has 0 aliphatic rings. The van der Waals surface area contributed by atoms with E-state index in [2.05, 4.69) is 10.6 Å². The lowest BCUT2D eigenvalue weighted by molar-refractivity contribution is -0.136. The first-order valence-electron chi connectivity index (χ1n) is 4.65. The third-order valence-corrected chi connectivity index (χ3v) is 1.29. The second kappa shape index (κ2) is 5.55. The van der Waals surface area contributed by atoms with E-state index in [1.165, 1.54) is 0 Å². The Kier molecular flexibility index (Phi) is 5.07. The molecule has 1 unspecified atom stereocenters. The molecule has 0 saturated carbocycles. The molecule has 0 aromatic rings. The number of hydrogen-bond donors (Lipinski definition) is 3. The summed E-state index contributed by atoms with van der Waals surface area (Å²) in [7, 11) is 0. The largest absolute Gasteiger partial charge is 0.480 e. The number of rotatable bonds is 4. The summed E-state index contributed by atoms with van der Waals surface area (Å²) >= 11 is 0. The molecule has 6 heteroatoms. The zero-order valence-corrected chi connectivity index (χ0v) is 9.46. The van der Waals surface area contributed by atoms with E-state index in [0.29, 0.717) is 0 Å². The van der Waals surface area contributed by atoms with Crippen molar-refractivity contribution >= 4 is 12.1 Å². The van der Waals surface area contributed by atoms with Crippen molar-refractivity contribution in [1.82, 2.24) is 10.6 Å². The molecule has 0 aromatic carbocycles. The second-order valence-corrected chi connectivity index (χ2v) is 4.14. The lowest BCUT2D eigenvalue weighted by Gasteiger charge is -2.22. The molecular weight excluding hydrogens is 200 g/mol. The van der Waals surface area contributed by atoms with Crippen molar-refractivity contribution in [3.63, 3.8) is 0 Å². The molecule has 0 spiro atoms. The van der Waals surface area contributed by atoms with Crippen LogP contribution >= 0.6 is 0 Å². The Morgan fingerprint density at radius 1 is 1.40 bits per heavy atom. The molecule has 0 heterocycles. The molecule has 6 nitrogen and oxygen atoms in total. The topological polar surface area (TPSA) is 87.7 Å². The first-order chi connectivity index (χ1) is 6.70. The zero-order chi connectivity index (χ0) is 12.1. The highest BCUT2D eigenvalue weighted by Crippen LogP contribution is 2.06. The summed E-state index contributed by atoms with van der Waals surface area (Å²) in [6, 6.07) is 0. The molecule has 1 atom stereocenters. The quantitative estimate of drug-likeness (QED) is 0.599. The molecule has 0 fully saturated rings. The molecule has 88 valence electrons. The predicted octanol–water partition coefficient (Wildman–Crippen LogP) is 0.531. The van der Waals surface area contributed by atoms with Gasteiger partial charge in [0.05, 0.1) is 12.7 Å². The lowest BCUT2D eigenvalue weighted by Crippen LogP contribution is -2.46. The fourth-order valence-electron chi connectivity index (χ4n) is 0.776. The molecule has 3 N–H and O–H groups in total. The Labute approximate surface area is 89.0 Å². The maximum atomic E-state index is 11.2. The van der Waals surface area contributed by atoms with Crippen LogP contribution in [0.15, 0.2) is 0 Å². The highest BCUT2D eigenvalue weighted by Gasteiger charge is 2.17. The highest BCUT2D eigenvalue weighted by atomic mass is 16.6. The average Bonchev–Trinajstić information content (AvgIpc) is 1.96. The highest BCUT2D eigenvalue weighted by molar-refractivity contribution is 5.70. The van der Waals surface area contributed by atoms with Crippen molar-refractivity contribution in [1.29, 1.82) is 0 Å². The molecule has 0 radical (unpaired) electrons. The average molecular weight is 218 g/mol. The first-order valence-corrected chi connectivity index (χ1v) is 4.65. The van der Waals surface area contributed by atoms with Crippen LogP contribution < -0.4 is 10.6 Å². The van der Waals surface area contributed by atoms with Crippen LogP contribution in [-0.4, -0.2) is 35.5 Å².